The molecular formula is C17H19N3. The van der Waals surface area contributed by atoms with Crippen LogP contribution >= 0.6 is 0 Å². The van der Waals surface area contributed by atoms with Crippen LogP contribution in [0.15, 0.2) is 54.7 Å². The van der Waals surface area contributed by atoms with Crippen LogP contribution in [0.5, 0.6) is 0 Å². The van der Waals surface area contributed by atoms with Gasteiger partial charge in [-0.05, 0) is 55.5 Å². The summed E-state index contributed by atoms with van der Waals surface area (Å²) in [6, 6.07) is 16.7. The summed E-state index contributed by atoms with van der Waals surface area (Å²) in [6.45, 7) is 3.16. The molecule has 3 aromatic rings. The number of fused-ring (bicyclic) bond motifs is 1. The summed E-state index contributed by atoms with van der Waals surface area (Å²) in [4.78, 5) is 2.24. The lowest BCUT2D eigenvalue weighted by molar-refractivity contribution is 0.969. The quantitative estimate of drug-likeness (QED) is 0.733. The SMILES string of the molecule is CCN(C)c1ccc2c(ccn2-c2ccc(N)cc2)c1. The Morgan fingerprint density at radius 2 is 1.80 bits per heavy atom. The molecule has 3 heteroatoms. The minimum absolute atomic E-state index is 0.789. The van der Waals surface area contributed by atoms with Gasteiger partial charge in [-0.2, -0.15) is 0 Å². The first-order chi connectivity index (χ1) is 9.69. The second-order valence-electron chi connectivity index (χ2n) is 5.03. The Hall–Kier alpha value is -2.42. The van der Waals surface area contributed by atoms with E-state index in [4.69, 9.17) is 5.73 Å². The number of nitrogens with two attached hydrogens (primary N) is 1. The van der Waals surface area contributed by atoms with Gasteiger partial charge in [0.15, 0.2) is 0 Å². The fraction of sp³-hybridized carbons (Fsp3) is 0.176. The molecule has 0 bridgehead atoms. The number of hydrogen-bond donors (Lipinski definition) is 1. The number of anilines is 2. The Balaban J connectivity index is 2.08. The highest BCUT2D eigenvalue weighted by Gasteiger charge is 2.05. The molecule has 3 nitrogen and oxygen atoms in total. The second-order valence-corrected chi connectivity index (χ2v) is 5.03. The molecule has 1 aromatic heterocycles. The molecule has 102 valence electrons. The van der Waals surface area contributed by atoms with Crippen molar-refractivity contribution in [3.63, 3.8) is 0 Å². The van der Waals surface area contributed by atoms with Gasteiger partial charge in [0.25, 0.3) is 0 Å². The van der Waals surface area contributed by atoms with Gasteiger partial charge < -0.3 is 15.2 Å². The van der Waals surface area contributed by atoms with E-state index in [1.807, 2.05) is 24.3 Å². The molecule has 0 saturated heterocycles. The number of aromatic nitrogens is 1. The third-order valence-electron chi connectivity index (χ3n) is 3.76. The van der Waals surface area contributed by atoms with Crippen molar-refractivity contribution in [1.29, 1.82) is 0 Å². The van der Waals surface area contributed by atoms with E-state index in [1.165, 1.54) is 16.6 Å². The van der Waals surface area contributed by atoms with E-state index >= 15 is 0 Å². The lowest BCUT2D eigenvalue weighted by Crippen LogP contribution is -2.15. The van der Waals surface area contributed by atoms with E-state index in [9.17, 15) is 0 Å². The third kappa shape index (κ3) is 2.11. The van der Waals surface area contributed by atoms with Crippen LogP contribution in [-0.2, 0) is 0 Å². The van der Waals surface area contributed by atoms with Gasteiger partial charge in [0, 0.05) is 42.2 Å². The van der Waals surface area contributed by atoms with Gasteiger partial charge in [0.05, 0.1) is 5.52 Å². The number of benzene rings is 2. The van der Waals surface area contributed by atoms with Crippen LogP contribution in [0, 0.1) is 0 Å². The zero-order valence-electron chi connectivity index (χ0n) is 11.9. The lowest BCUT2D eigenvalue weighted by Gasteiger charge is -2.17. The Morgan fingerprint density at radius 3 is 2.50 bits per heavy atom. The maximum absolute atomic E-state index is 5.75. The van der Waals surface area contributed by atoms with Crippen molar-refractivity contribution in [3.05, 3.63) is 54.7 Å². The first-order valence-corrected chi connectivity index (χ1v) is 6.87. The smallest absolute Gasteiger partial charge is 0.0529 e. The molecule has 2 aromatic carbocycles. The third-order valence-corrected chi connectivity index (χ3v) is 3.76. The van der Waals surface area contributed by atoms with Crippen LogP contribution in [0.1, 0.15) is 6.92 Å². The summed E-state index contributed by atoms with van der Waals surface area (Å²) < 4.78 is 2.19. The van der Waals surface area contributed by atoms with Gasteiger partial charge in [-0.3, -0.25) is 0 Å². The van der Waals surface area contributed by atoms with Crippen LogP contribution in [0.2, 0.25) is 0 Å². The van der Waals surface area contributed by atoms with E-state index in [0.717, 1.165) is 17.9 Å². The number of nitrogen functional groups attached to an aromatic ring is 1. The Labute approximate surface area is 119 Å². The molecule has 3 rings (SSSR count). The normalized spacial score (nSPS) is 10.9. The molecule has 2 N–H and O–H groups in total. The molecule has 0 atom stereocenters. The van der Waals surface area contributed by atoms with Crippen molar-refractivity contribution in [2.24, 2.45) is 0 Å². The molecule has 0 radical (unpaired) electrons. The van der Waals surface area contributed by atoms with Crippen molar-refractivity contribution in [2.45, 2.75) is 6.92 Å². The van der Waals surface area contributed by atoms with Crippen LogP contribution in [-0.4, -0.2) is 18.2 Å². The fourth-order valence-corrected chi connectivity index (χ4v) is 2.41. The van der Waals surface area contributed by atoms with Crippen LogP contribution < -0.4 is 10.6 Å². The first-order valence-electron chi connectivity index (χ1n) is 6.87. The highest BCUT2D eigenvalue weighted by molar-refractivity contribution is 5.85. The summed E-state index contributed by atoms with van der Waals surface area (Å²) in [7, 11) is 2.11. The van der Waals surface area contributed by atoms with Gasteiger partial charge in [-0.1, -0.05) is 0 Å². The largest absolute Gasteiger partial charge is 0.399 e. The minimum atomic E-state index is 0.789. The molecule has 0 unspecified atom stereocenters. The topological polar surface area (TPSA) is 34.2 Å². The highest BCUT2D eigenvalue weighted by atomic mass is 15.1. The van der Waals surface area contributed by atoms with Gasteiger partial charge >= 0.3 is 0 Å². The summed E-state index contributed by atoms with van der Waals surface area (Å²) in [5, 5.41) is 1.25. The van der Waals surface area contributed by atoms with Crippen molar-refractivity contribution in [3.8, 4) is 5.69 Å². The van der Waals surface area contributed by atoms with Crippen molar-refractivity contribution in [1.82, 2.24) is 4.57 Å². The van der Waals surface area contributed by atoms with E-state index < -0.39 is 0 Å². The molecule has 0 spiro atoms. The van der Waals surface area contributed by atoms with Gasteiger partial charge in [-0.15, -0.1) is 0 Å². The Bertz CT molecular complexity index is 726. The van der Waals surface area contributed by atoms with Gasteiger partial charge in [-0.25, -0.2) is 0 Å². The van der Waals surface area contributed by atoms with Crippen molar-refractivity contribution in [2.75, 3.05) is 24.2 Å². The monoisotopic (exact) mass is 265 g/mol. The molecule has 1 heterocycles. The van der Waals surface area contributed by atoms with E-state index in [-0.39, 0.29) is 0 Å². The molecule has 20 heavy (non-hydrogen) atoms. The molecule has 0 aliphatic rings. The van der Waals surface area contributed by atoms with Crippen molar-refractivity contribution >= 4 is 22.3 Å². The average molecular weight is 265 g/mol. The Morgan fingerprint density at radius 1 is 1.05 bits per heavy atom. The van der Waals surface area contributed by atoms with Crippen LogP contribution in [0.25, 0.3) is 16.6 Å². The molecule has 0 fully saturated rings. The van der Waals surface area contributed by atoms with Gasteiger partial charge in [0.2, 0.25) is 0 Å². The predicted molar refractivity (Wildman–Crippen MR) is 86.6 cm³/mol. The second kappa shape index (κ2) is 4.93. The molecule has 0 aliphatic carbocycles. The van der Waals surface area contributed by atoms with Crippen LogP contribution in [0.3, 0.4) is 0 Å². The van der Waals surface area contributed by atoms with Crippen molar-refractivity contribution < 1.29 is 0 Å². The van der Waals surface area contributed by atoms with Gasteiger partial charge in [0.1, 0.15) is 0 Å². The summed E-state index contributed by atoms with van der Waals surface area (Å²) in [5.74, 6) is 0. The molecule has 0 amide bonds. The molecule has 0 saturated carbocycles. The zero-order valence-corrected chi connectivity index (χ0v) is 11.9. The number of rotatable bonds is 3. The van der Waals surface area contributed by atoms with Crippen LogP contribution in [0.4, 0.5) is 11.4 Å². The average Bonchev–Trinajstić information content (AvgIpc) is 2.90. The van der Waals surface area contributed by atoms with E-state index in [2.05, 4.69) is 53.9 Å². The predicted octanol–water partition coefficient (Wildman–Crippen LogP) is 3.67. The molecular weight excluding hydrogens is 246 g/mol. The maximum atomic E-state index is 5.75. The molecule has 0 aliphatic heterocycles. The minimum Gasteiger partial charge on any atom is -0.399 e. The summed E-state index contributed by atoms with van der Waals surface area (Å²) >= 11 is 0. The number of nitrogens with zero attached hydrogens (tertiary/aromatic N) is 2. The first kappa shape index (κ1) is 12.6. The zero-order chi connectivity index (χ0) is 14.1. The van der Waals surface area contributed by atoms with E-state index in [0.29, 0.717) is 0 Å². The highest BCUT2D eigenvalue weighted by Crippen LogP contribution is 2.25. The lowest BCUT2D eigenvalue weighted by atomic mass is 10.2. The summed E-state index contributed by atoms with van der Waals surface area (Å²) in [6.07, 6.45) is 2.10. The fourth-order valence-electron chi connectivity index (χ4n) is 2.41. The number of hydrogen-bond acceptors (Lipinski definition) is 2. The maximum Gasteiger partial charge on any atom is 0.0529 e. The Kier molecular flexibility index (Phi) is 3.11. The standard InChI is InChI=1S/C17H19N3/c1-3-19(2)16-8-9-17-13(12-16)10-11-20(17)15-6-4-14(18)5-7-15/h4-12H,3,18H2,1-2H3. The van der Waals surface area contributed by atoms with E-state index in [1.54, 1.807) is 0 Å². The summed E-state index contributed by atoms with van der Waals surface area (Å²) in [5.41, 5.74) is 10.1.